The van der Waals surface area contributed by atoms with Gasteiger partial charge in [-0.2, -0.15) is 0 Å². The van der Waals surface area contributed by atoms with Gasteiger partial charge in [-0.3, -0.25) is 0 Å². The Bertz CT molecular complexity index is 203. The normalized spacial score (nSPS) is 14.2. The van der Waals surface area contributed by atoms with Crippen LogP contribution in [0.5, 0.6) is 0 Å². The van der Waals surface area contributed by atoms with Crippen LogP contribution in [0.15, 0.2) is 0 Å². The Morgan fingerprint density at radius 3 is 0.895 bits per heavy atom. The molecular weight excluding hydrogens is 350 g/mol. The summed E-state index contributed by atoms with van der Waals surface area (Å²) in [6.45, 7) is 21.6. The van der Waals surface area contributed by atoms with E-state index in [0.29, 0.717) is 19.8 Å². The second-order valence-electron chi connectivity index (χ2n) is 8.73. The molecule has 3 nitrogen and oxygen atoms in total. The van der Waals surface area contributed by atoms with Gasteiger partial charge >= 0.3 is 129 Å². The monoisotopic (exact) mass is 382 g/mol. The molecule has 0 aromatic rings. The molecule has 0 rings (SSSR count). The van der Waals surface area contributed by atoms with Crippen molar-refractivity contribution in [1.82, 2.24) is 0 Å². The van der Waals surface area contributed by atoms with Gasteiger partial charge in [0, 0.05) is 0 Å². The van der Waals surface area contributed by atoms with E-state index >= 15 is 0 Å². The van der Waals surface area contributed by atoms with Crippen molar-refractivity contribution in [3.8, 4) is 0 Å². The Morgan fingerprint density at radius 2 is 0.737 bits per heavy atom. The molecule has 0 aromatic carbocycles. The van der Waals surface area contributed by atoms with E-state index < -0.39 is 21.5 Å². The predicted octanol–water partition coefficient (Wildman–Crippen LogP) is 4.16. The Balaban J connectivity index is 4.30. The fourth-order valence-corrected chi connectivity index (χ4v) is 5.71. The van der Waals surface area contributed by atoms with Crippen LogP contribution in [0.25, 0.3) is 0 Å². The molecule has 0 spiro atoms. The van der Waals surface area contributed by atoms with Gasteiger partial charge in [-0.15, -0.1) is 0 Å². The van der Waals surface area contributed by atoms with Crippen LogP contribution in [0.4, 0.5) is 0 Å². The zero-order valence-electron chi connectivity index (χ0n) is 14.3. The van der Waals surface area contributed by atoms with Crippen molar-refractivity contribution < 1.29 is 9.05 Å². The van der Waals surface area contributed by atoms with Crippen molar-refractivity contribution in [2.24, 2.45) is 16.2 Å². The van der Waals surface area contributed by atoms with E-state index in [1.807, 2.05) is 0 Å². The number of rotatable bonds is 6. The molecule has 0 saturated carbocycles. The minimum atomic E-state index is -2.50. The van der Waals surface area contributed by atoms with Crippen molar-refractivity contribution in [2.75, 3.05) is 19.8 Å². The molecule has 19 heavy (non-hydrogen) atoms. The molecule has 0 fully saturated rings. The summed E-state index contributed by atoms with van der Waals surface area (Å²) in [5, 5.41) is 0. The standard InChI is InChI=1S/3C5H11O.Sb/c3*1-5(2,3)4-6;/h3*4H2,1-3H3;/q3*-1;+3. The van der Waals surface area contributed by atoms with Gasteiger partial charge in [0.1, 0.15) is 0 Å². The molecule has 0 radical (unpaired) electrons. The molecule has 0 aromatic heterocycles. The van der Waals surface area contributed by atoms with Gasteiger partial charge in [-0.1, -0.05) is 0 Å². The van der Waals surface area contributed by atoms with Crippen molar-refractivity contribution in [2.45, 2.75) is 62.3 Å². The van der Waals surface area contributed by atoms with Gasteiger partial charge in [0.15, 0.2) is 0 Å². The third-order valence-electron chi connectivity index (χ3n) is 1.81. The summed E-state index contributed by atoms with van der Waals surface area (Å²) in [5.41, 5.74) is 0.454. The first-order chi connectivity index (χ1) is 8.29. The van der Waals surface area contributed by atoms with Crippen LogP contribution in [0, 0.1) is 16.2 Å². The zero-order chi connectivity index (χ0) is 15.3. The van der Waals surface area contributed by atoms with Gasteiger partial charge in [-0.25, -0.2) is 0 Å². The number of hydrogen-bond acceptors (Lipinski definition) is 3. The predicted molar refractivity (Wildman–Crippen MR) is 82.0 cm³/mol. The van der Waals surface area contributed by atoms with E-state index in [1.165, 1.54) is 0 Å². The third kappa shape index (κ3) is 14.9. The average molecular weight is 383 g/mol. The SMILES string of the molecule is CC(C)(C)C[O][Sb]([O]CC(C)(C)C)[O]CC(C)(C)C. The third-order valence-corrected chi connectivity index (χ3v) is 4.72. The second-order valence-corrected chi connectivity index (χ2v) is 12.2. The molecule has 0 unspecified atom stereocenters. The second kappa shape index (κ2) is 7.63. The van der Waals surface area contributed by atoms with Gasteiger partial charge in [0.25, 0.3) is 0 Å². The molecule has 0 amide bonds. The molecule has 0 aliphatic heterocycles. The van der Waals surface area contributed by atoms with Gasteiger partial charge < -0.3 is 0 Å². The molecular formula is C15H33O3Sb. The fraction of sp³-hybridized carbons (Fsp3) is 1.00. The maximum atomic E-state index is 5.94. The Hall–Kier alpha value is 0.698. The summed E-state index contributed by atoms with van der Waals surface area (Å²) in [7, 11) is 0. The summed E-state index contributed by atoms with van der Waals surface area (Å²) in [4.78, 5) is 0. The summed E-state index contributed by atoms with van der Waals surface area (Å²) in [6.07, 6.45) is 0. The van der Waals surface area contributed by atoms with Crippen LogP contribution in [0.1, 0.15) is 62.3 Å². The van der Waals surface area contributed by atoms with Gasteiger partial charge in [0.05, 0.1) is 0 Å². The topological polar surface area (TPSA) is 27.7 Å². The molecule has 116 valence electrons. The Morgan fingerprint density at radius 1 is 0.526 bits per heavy atom. The van der Waals surface area contributed by atoms with E-state index in [9.17, 15) is 0 Å². The first-order valence-corrected chi connectivity index (χ1v) is 10.1. The van der Waals surface area contributed by atoms with E-state index in [-0.39, 0.29) is 16.2 Å². The van der Waals surface area contributed by atoms with Gasteiger partial charge in [-0.05, 0) is 0 Å². The Kier molecular flexibility index (Phi) is 7.91. The summed E-state index contributed by atoms with van der Waals surface area (Å²) >= 11 is -2.50. The van der Waals surface area contributed by atoms with Crippen molar-refractivity contribution in [3.05, 3.63) is 0 Å². The minimum absolute atomic E-state index is 0.151. The summed E-state index contributed by atoms with van der Waals surface area (Å²) in [5.74, 6) is 0. The average Bonchev–Trinajstić information content (AvgIpc) is 2.11. The zero-order valence-corrected chi connectivity index (χ0v) is 16.8. The molecule has 0 saturated heterocycles. The summed E-state index contributed by atoms with van der Waals surface area (Å²) in [6, 6.07) is 0. The van der Waals surface area contributed by atoms with Crippen LogP contribution in [-0.2, 0) is 9.05 Å². The van der Waals surface area contributed by atoms with E-state index in [4.69, 9.17) is 9.05 Å². The van der Waals surface area contributed by atoms with Crippen LogP contribution in [-0.4, -0.2) is 41.3 Å². The Labute approximate surface area is 129 Å². The maximum absolute atomic E-state index is 5.94. The van der Waals surface area contributed by atoms with E-state index in [1.54, 1.807) is 0 Å². The first kappa shape index (κ1) is 19.7. The molecule has 0 heterocycles. The first-order valence-electron chi connectivity index (χ1n) is 6.97. The van der Waals surface area contributed by atoms with Crippen LogP contribution in [0.3, 0.4) is 0 Å². The van der Waals surface area contributed by atoms with E-state index in [2.05, 4.69) is 62.3 Å². The number of hydrogen-bond donors (Lipinski definition) is 0. The van der Waals surface area contributed by atoms with Gasteiger partial charge in [0.2, 0.25) is 0 Å². The summed E-state index contributed by atoms with van der Waals surface area (Å²) < 4.78 is 17.8. The van der Waals surface area contributed by atoms with E-state index in [0.717, 1.165) is 0 Å². The molecule has 0 aliphatic rings. The molecule has 4 heteroatoms. The van der Waals surface area contributed by atoms with Crippen molar-refractivity contribution in [3.63, 3.8) is 0 Å². The van der Waals surface area contributed by atoms with Crippen LogP contribution < -0.4 is 0 Å². The fourth-order valence-electron chi connectivity index (χ4n) is 0.851. The van der Waals surface area contributed by atoms with Crippen LogP contribution >= 0.6 is 0 Å². The van der Waals surface area contributed by atoms with Crippen molar-refractivity contribution in [1.29, 1.82) is 0 Å². The molecule has 0 bridgehead atoms. The molecule has 0 aliphatic carbocycles. The molecule has 0 N–H and O–H groups in total. The van der Waals surface area contributed by atoms with Crippen LogP contribution in [0.2, 0.25) is 0 Å². The van der Waals surface area contributed by atoms with Crippen molar-refractivity contribution >= 4 is 21.5 Å². The quantitative estimate of drug-likeness (QED) is 0.645. The molecule has 0 atom stereocenters.